The second-order valence-corrected chi connectivity index (χ2v) is 8.15. The fraction of sp³-hybridized carbons (Fsp3) is 0.400. The molecular weight excluding hydrogens is 366 g/mol. The molecule has 1 saturated carbocycles. The third-order valence-corrected chi connectivity index (χ3v) is 6.66. The van der Waals surface area contributed by atoms with E-state index in [4.69, 9.17) is 4.42 Å². The smallest absolute Gasteiger partial charge is 0.391 e. The van der Waals surface area contributed by atoms with Crippen LogP contribution in [0.4, 0.5) is 8.78 Å². The van der Waals surface area contributed by atoms with Crippen molar-refractivity contribution in [1.29, 1.82) is 0 Å². The predicted molar refractivity (Wildman–Crippen MR) is 95.7 cm³/mol. The lowest BCUT2D eigenvalue weighted by Gasteiger charge is -2.34. The third kappa shape index (κ3) is 1.90. The van der Waals surface area contributed by atoms with Gasteiger partial charge in [0.2, 0.25) is 5.89 Å². The minimum absolute atomic E-state index is 0.0962. The van der Waals surface area contributed by atoms with Crippen molar-refractivity contribution in [2.45, 2.75) is 38.0 Å². The first-order chi connectivity index (χ1) is 13.3. The number of halogens is 2. The van der Waals surface area contributed by atoms with Gasteiger partial charge in [0.05, 0.1) is 22.4 Å². The maximum atomic E-state index is 14.2. The number of hydrogen-bond donors (Lipinski definition) is 0. The largest absolute Gasteiger partial charge is 0.436 e. The van der Waals surface area contributed by atoms with Crippen molar-refractivity contribution < 1.29 is 13.2 Å². The molecule has 8 heteroatoms. The molecule has 2 atom stereocenters. The highest BCUT2D eigenvalue weighted by Crippen LogP contribution is 2.69. The second-order valence-electron chi connectivity index (χ2n) is 8.15. The molecule has 0 amide bonds. The average molecular weight is 384 g/mol. The maximum absolute atomic E-state index is 14.2. The molecule has 6 nitrogen and oxygen atoms in total. The number of nitrogens with zero attached hydrogens (tertiary/aromatic N) is 4. The lowest BCUT2D eigenvalue weighted by atomic mass is 9.68. The minimum atomic E-state index is -0.688. The van der Waals surface area contributed by atoms with Crippen molar-refractivity contribution >= 4 is 0 Å². The Balaban J connectivity index is 1.75. The first-order valence-electron chi connectivity index (χ1n) is 9.14. The summed E-state index contributed by atoms with van der Waals surface area (Å²) >= 11 is 0. The molecule has 28 heavy (non-hydrogen) atoms. The van der Waals surface area contributed by atoms with Crippen LogP contribution >= 0.6 is 0 Å². The summed E-state index contributed by atoms with van der Waals surface area (Å²) in [5, 5.41) is 12.8. The lowest BCUT2D eigenvalue weighted by Crippen LogP contribution is -2.37. The van der Waals surface area contributed by atoms with E-state index in [1.807, 2.05) is 0 Å². The van der Waals surface area contributed by atoms with Crippen molar-refractivity contribution in [3.63, 3.8) is 0 Å². The van der Waals surface area contributed by atoms with Crippen LogP contribution in [0.25, 0.3) is 11.3 Å². The van der Waals surface area contributed by atoms with Gasteiger partial charge < -0.3 is 4.42 Å². The molecular formula is C20H18F2N4O2. The third-order valence-electron chi connectivity index (χ3n) is 6.66. The summed E-state index contributed by atoms with van der Waals surface area (Å²) in [4.78, 5) is 11.9. The number of hydrogen-bond acceptors (Lipinski definition) is 5. The topological polar surface area (TPSA) is 73.8 Å². The Kier molecular flexibility index (Phi) is 3.28. The summed E-state index contributed by atoms with van der Waals surface area (Å²) < 4.78 is 35.1. The van der Waals surface area contributed by atoms with Crippen molar-refractivity contribution in [3.8, 4) is 11.3 Å². The molecule has 1 unspecified atom stereocenters. The average Bonchev–Trinajstić information content (AvgIpc) is 3.18. The molecule has 5 rings (SSSR count). The van der Waals surface area contributed by atoms with E-state index in [0.717, 1.165) is 18.4 Å². The van der Waals surface area contributed by atoms with E-state index in [1.54, 1.807) is 6.07 Å². The second kappa shape index (κ2) is 5.33. The summed E-state index contributed by atoms with van der Waals surface area (Å²) in [6.45, 7) is 4.18. The number of rotatable bonds is 2. The first-order valence-corrected chi connectivity index (χ1v) is 9.14. The van der Waals surface area contributed by atoms with Crippen LogP contribution in [0, 0.1) is 17.0 Å². The Morgan fingerprint density at radius 2 is 1.93 bits per heavy atom. The highest BCUT2D eigenvalue weighted by molar-refractivity contribution is 5.63. The SMILES string of the molecule is Cn1nc(C23CC[C@@H](c4cc(-c5c(F)cccc5F)nnc42)C3(C)C)oc1=O. The van der Waals surface area contributed by atoms with Crippen LogP contribution in [0.2, 0.25) is 0 Å². The van der Waals surface area contributed by atoms with Gasteiger partial charge in [-0.25, -0.2) is 13.6 Å². The van der Waals surface area contributed by atoms with E-state index in [2.05, 4.69) is 29.1 Å². The molecule has 2 heterocycles. The van der Waals surface area contributed by atoms with Crippen molar-refractivity contribution in [3.05, 3.63) is 63.6 Å². The van der Waals surface area contributed by atoms with Crippen LogP contribution in [0.1, 0.15) is 49.8 Å². The quantitative estimate of drug-likeness (QED) is 0.678. The standard InChI is InChI=1S/C20H18F2N4O2/c1-19(2)11-7-8-20(19,17-25-26(3)18(27)28-17)16-10(11)9-14(23-24-16)15-12(21)5-4-6-13(15)22/h4-6,9,11H,7-8H2,1-3H3/t11-,20?/m0/s1. The van der Waals surface area contributed by atoms with Gasteiger partial charge in [-0.15, -0.1) is 10.2 Å². The van der Waals surface area contributed by atoms with Gasteiger partial charge >= 0.3 is 5.76 Å². The number of aryl methyl sites for hydroxylation is 1. The van der Waals surface area contributed by atoms with E-state index in [1.165, 1.54) is 29.9 Å². The van der Waals surface area contributed by atoms with Gasteiger partial charge in [0.1, 0.15) is 11.6 Å². The zero-order valence-electron chi connectivity index (χ0n) is 15.7. The Labute approximate surface area is 159 Å². The van der Waals surface area contributed by atoms with Crippen molar-refractivity contribution in [2.24, 2.45) is 12.5 Å². The molecule has 2 bridgehead atoms. The van der Waals surface area contributed by atoms with Crippen molar-refractivity contribution in [1.82, 2.24) is 20.0 Å². The van der Waals surface area contributed by atoms with Crippen LogP contribution in [-0.2, 0) is 12.5 Å². The molecule has 144 valence electrons. The number of fused-ring (bicyclic) bond motifs is 5. The summed E-state index contributed by atoms with van der Waals surface area (Å²) in [5.74, 6) is -1.47. The lowest BCUT2D eigenvalue weighted by molar-refractivity contribution is 0.203. The van der Waals surface area contributed by atoms with Crippen LogP contribution in [0.3, 0.4) is 0 Å². The molecule has 3 aromatic rings. The molecule has 0 aliphatic heterocycles. The maximum Gasteiger partial charge on any atom is 0.436 e. The molecule has 1 fully saturated rings. The Hall–Kier alpha value is -2.90. The summed E-state index contributed by atoms with van der Waals surface area (Å²) in [5.41, 5.74) is 0.522. The first kappa shape index (κ1) is 17.2. The van der Waals surface area contributed by atoms with Gasteiger partial charge in [0.15, 0.2) is 0 Å². The predicted octanol–water partition coefficient (Wildman–Crippen LogP) is 3.31. The van der Waals surface area contributed by atoms with Gasteiger partial charge in [0, 0.05) is 7.05 Å². The van der Waals surface area contributed by atoms with Gasteiger partial charge in [0.25, 0.3) is 0 Å². The van der Waals surface area contributed by atoms with Gasteiger partial charge in [-0.05, 0) is 47.9 Å². The van der Waals surface area contributed by atoms with Gasteiger partial charge in [-0.3, -0.25) is 0 Å². The highest BCUT2D eigenvalue weighted by Gasteiger charge is 2.67. The Morgan fingerprint density at radius 1 is 1.21 bits per heavy atom. The van der Waals surface area contributed by atoms with E-state index in [9.17, 15) is 13.6 Å². The molecule has 1 aromatic carbocycles. The summed E-state index contributed by atoms with van der Waals surface area (Å²) in [6, 6.07) is 5.44. The minimum Gasteiger partial charge on any atom is -0.391 e. The van der Waals surface area contributed by atoms with E-state index in [-0.39, 0.29) is 22.6 Å². The number of aromatic nitrogens is 4. The van der Waals surface area contributed by atoms with Crippen molar-refractivity contribution in [2.75, 3.05) is 0 Å². The molecule has 0 N–H and O–H groups in total. The Morgan fingerprint density at radius 3 is 2.57 bits per heavy atom. The molecule has 0 radical (unpaired) electrons. The normalized spacial score (nSPS) is 24.5. The highest BCUT2D eigenvalue weighted by atomic mass is 19.1. The zero-order chi connectivity index (χ0) is 19.8. The fourth-order valence-corrected chi connectivity index (χ4v) is 5.18. The van der Waals surface area contributed by atoms with E-state index in [0.29, 0.717) is 11.6 Å². The number of benzene rings is 1. The van der Waals surface area contributed by atoms with Crippen LogP contribution < -0.4 is 5.76 Å². The van der Waals surface area contributed by atoms with Crippen LogP contribution in [0.5, 0.6) is 0 Å². The zero-order valence-corrected chi connectivity index (χ0v) is 15.7. The molecule has 0 saturated heterocycles. The van der Waals surface area contributed by atoms with Gasteiger partial charge in [-0.1, -0.05) is 19.9 Å². The molecule has 0 spiro atoms. The molecule has 2 aliphatic carbocycles. The monoisotopic (exact) mass is 384 g/mol. The van der Waals surface area contributed by atoms with Gasteiger partial charge in [-0.2, -0.15) is 9.78 Å². The summed E-state index contributed by atoms with van der Waals surface area (Å²) in [6.07, 6.45) is 1.56. The van der Waals surface area contributed by atoms with E-state index < -0.39 is 22.8 Å². The fourth-order valence-electron chi connectivity index (χ4n) is 5.18. The van der Waals surface area contributed by atoms with Crippen LogP contribution in [-0.4, -0.2) is 20.0 Å². The van der Waals surface area contributed by atoms with E-state index >= 15 is 0 Å². The molecule has 2 aliphatic rings. The Bertz CT molecular complexity index is 1160. The molecule has 2 aromatic heterocycles. The van der Waals surface area contributed by atoms with Crippen LogP contribution in [0.15, 0.2) is 33.5 Å². The summed E-state index contributed by atoms with van der Waals surface area (Å²) in [7, 11) is 1.54.